The van der Waals surface area contributed by atoms with E-state index < -0.39 is 17.8 Å². The highest BCUT2D eigenvalue weighted by Crippen LogP contribution is 2.53. The zero-order valence-electron chi connectivity index (χ0n) is 16.4. The quantitative estimate of drug-likeness (QED) is 0.551. The molecular formula is C24H24O5. The van der Waals surface area contributed by atoms with Crippen LogP contribution >= 0.6 is 0 Å². The molecule has 0 heterocycles. The van der Waals surface area contributed by atoms with Gasteiger partial charge in [-0.25, -0.2) is 0 Å². The number of carbonyl (C=O) groups excluding carboxylic acids is 3. The fourth-order valence-corrected chi connectivity index (χ4v) is 4.90. The highest BCUT2D eigenvalue weighted by atomic mass is 16.5. The molecule has 0 N–H and O–H groups in total. The van der Waals surface area contributed by atoms with Crippen LogP contribution in [-0.2, 0) is 19.1 Å². The Labute approximate surface area is 170 Å². The number of benzene rings is 2. The van der Waals surface area contributed by atoms with Crippen molar-refractivity contribution in [3.63, 3.8) is 0 Å². The van der Waals surface area contributed by atoms with Crippen LogP contribution in [-0.4, -0.2) is 31.4 Å². The Balaban J connectivity index is 1.38. The first kappa shape index (κ1) is 19.4. The minimum atomic E-state index is -0.491. The number of hydrogen-bond donors (Lipinski definition) is 0. The Bertz CT molecular complexity index is 903. The number of esters is 2. The first-order valence-corrected chi connectivity index (χ1v) is 10.0. The number of methoxy groups -OCH3 is 1. The van der Waals surface area contributed by atoms with E-state index in [1.165, 1.54) is 7.11 Å². The van der Waals surface area contributed by atoms with Crippen LogP contribution in [0.2, 0.25) is 0 Å². The summed E-state index contributed by atoms with van der Waals surface area (Å²) in [7, 11) is 1.35. The van der Waals surface area contributed by atoms with Crippen molar-refractivity contribution < 1.29 is 23.9 Å². The van der Waals surface area contributed by atoms with Gasteiger partial charge in [-0.3, -0.25) is 14.4 Å². The normalized spacial score (nSPS) is 24.9. The number of ketones is 1. The molecule has 0 spiro atoms. The third-order valence-corrected chi connectivity index (χ3v) is 6.32. The van der Waals surface area contributed by atoms with Crippen LogP contribution in [0.25, 0.3) is 11.1 Å². The summed E-state index contributed by atoms with van der Waals surface area (Å²) in [6.07, 6.45) is 2.72. The number of hydrogen-bond acceptors (Lipinski definition) is 5. The van der Waals surface area contributed by atoms with Crippen LogP contribution in [0, 0.1) is 23.7 Å². The Hall–Kier alpha value is -2.95. The predicted molar refractivity (Wildman–Crippen MR) is 107 cm³/mol. The van der Waals surface area contributed by atoms with E-state index in [4.69, 9.17) is 9.47 Å². The first-order valence-electron chi connectivity index (χ1n) is 10.0. The minimum absolute atomic E-state index is 0.150. The molecule has 0 aromatic heterocycles. The van der Waals surface area contributed by atoms with Crippen LogP contribution in [0.15, 0.2) is 54.6 Å². The van der Waals surface area contributed by atoms with Crippen LogP contribution in [0.1, 0.15) is 29.6 Å². The Morgan fingerprint density at radius 1 is 0.828 bits per heavy atom. The molecule has 2 bridgehead atoms. The Morgan fingerprint density at radius 2 is 1.41 bits per heavy atom. The van der Waals surface area contributed by atoms with Gasteiger partial charge in [0.1, 0.15) is 0 Å². The summed E-state index contributed by atoms with van der Waals surface area (Å²) in [5, 5.41) is 0. The van der Waals surface area contributed by atoms with Gasteiger partial charge in [0.05, 0.1) is 18.9 Å². The molecule has 0 amide bonds. The van der Waals surface area contributed by atoms with E-state index in [-0.39, 0.29) is 30.2 Å². The fourth-order valence-electron chi connectivity index (χ4n) is 4.90. The van der Waals surface area contributed by atoms with Crippen LogP contribution < -0.4 is 0 Å². The van der Waals surface area contributed by atoms with Crippen molar-refractivity contribution in [2.24, 2.45) is 23.7 Å². The van der Waals surface area contributed by atoms with Crippen LogP contribution in [0.4, 0.5) is 0 Å². The smallest absolute Gasteiger partial charge is 0.310 e. The maximum Gasteiger partial charge on any atom is 0.310 e. The zero-order valence-corrected chi connectivity index (χ0v) is 16.4. The van der Waals surface area contributed by atoms with Gasteiger partial charge < -0.3 is 9.47 Å². The van der Waals surface area contributed by atoms with Crippen LogP contribution in [0.3, 0.4) is 0 Å². The monoisotopic (exact) mass is 392 g/mol. The van der Waals surface area contributed by atoms with Gasteiger partial charge in [0, 0.05) is 5.56 Å². The zero-order chi connectivity index (χ0) is 20.4. The molecule has 0 aliphatic heterocycles. The highest BCUT2D eigenvalue weighted by molar-refractivity contribution is 5.98. The Morgan fingerprint density at radius 3 is 2.03 bits per heavy atom. The Kier molecular flexibility index (Phi) is 5.47. The molecule has 150 valence electrons. The van der Waals surface area contributed by atoms with Gasteiger partial charge in [-0.1, -0.05) is 54.6 Å². The standard InChI is InChI=1S/C24H24O5/c1-28-23(26)21-18-11-12-19(13-18)22(21)24(27)29-14-20(25)17-9-7-16(8-10-17)15-5-3-2-4-6-15/h2-10,18-19,21-22H,11-14H2,1H3/t18-,19-,21+,22+/m1/s1. The molecule has 2 aliphatic carbocycles. The van der Waals surface area contributed by atoms with Gasteiger partial charge in [-0.05, 0) is 42.2 Å². The lowest BCUT2D eigenvalue weighted by molar-refractivity contribution is -0.161. The number of rotatable bonds is 6. The summed E-state index contributed by atoms with van der Waals surface area (Å²) >= 11 is 0. The second-order valence-electron chi connectivity index (χ2n) is 7.88. The maximum atomic E-state index is 12.7. The molecule has 2 fully saturated rings. The summed E-state index contributed by atoms with van der Waals surface area (Å²) in [6.45, 7) is -0.314. The van der Waals surface area contributed by atoms with Crippen molar-refractivity contribution in [1.82, 2.24) is 0 Å². The van der Waals surface area contributed by atoms with Crippen molar-refractivity contribution in [2.75, 3.05) is 13.7 Å². The van der Waals surface area contributed by atoms with E-state index in [0.29, 0.717) is 5.56 Å². The molecular weight excluding hydrogens is 368 g/mol. The topological polar surface area (TPSA) is 69.7 Å². The van der Waals surface area contributed by atoms with Crippen molar-refractivity contribution in [3.05, 3.63) is 60.2 Å². The summed E-state index contributed by atoms with van der Waals surface area (Å²) in [6, 6.07) is 17.1. The lowest BCUT2D eigenvalue weighted by Crippen LogP contribution is -2.37. The molecule has 2 aromatic carbocycles. The average molecular weight is 392 g/mol. The third-order valence-electron chi connectivity index (χ3n) is 6.32. The molecule has 2 saturated carbocycles. The molecule has 0 radical (unpaired) electrons. The molecule has 29 heavy (non-hydrogen) atoms. The number of ether oxygens (including phenoxy) is 2. The maximum absolute atomic E-state index is 12.7. The van der Waals surface area contributed by atoms with E-state index >= 15 is 0 Å². The molecule has 2 aliphatic rings. The van der Waals surface area contributed by atoms with E-state index in [1.807, 2.05) is 42.5 Å². The summed E-state index contributed by atoms with van der Waals surface area (Å²) in [4.78, 5) is 37.3. The molecule has 0 unspecified atom stereocenters. The van der Waals surface area contributed by atoms with Gasteiger partial charge in [0.15, 0.2) is 12.4 Å². The highest BCUT2D eigenvalue weighted by Gasteiger charge is 2.55. The van der Waals surface area contributed by atoms with Crippen molar-refractivity contribution >= 4 is 17.7 Å². The molecule has 2 aromatic rings. The van der Waals surface area contributed by atoms with Crippen molar-refractivity contribution in [2.45, 2.75) is 19.3 Å². The van der Waals surface area contributed by atoms with E-state index in [9.17, 15) is 14.4 Å². The van der Waals surface area contributed by atoms with Gasteiger partial charge >= 0.3 is 11.9 Å². The van der Waals surface area contributed by atoms with Crippen molar-refractivity contribution in [3.8, 4) is 11.1 Å². The van der Waals surface area contributed by atoms with Gasteiger partial charge in [0.2, 0.25) is 0 Å². The van der Waals surface area contributed by atoms with Crippen molar-refractivity contribution in [1.29, 1.82) is 0 Å². The molecule has 5 nitrogen and oxygen atoms in total. The van der Waals surface area contributed by atoms with Crippen LogP contribution in [0.5, 0.6) is 0 Å². The number of carbonyl (C=O) groups is 3. The summed E-state index contributed by atoms with van der Waals surface area (Å²) in [5.41, 5.74) is 2.58. The molecule has 0 saturated heterocycles. The largest absolute Gasteiger partial charge is 0.469 e. The van der Waals surface area contributed by atoms with E-state index in [2.05, 4.69) is 0 Å². The number of fused-ring (bicyclic) bond motifs is 2. The minimum Gasteiger partial charge on any atom is -0.469 e. The lowest BCUT2D eigenvalue weighted by Gasteiger charge is -2.27. The second kappa shape index (κ2) is 8.19. The van der Waals surface area contributed by atoms with Gasteiger partial charge in [-0.15, -0.1) is 0 Å². The second-order valence-corrected chi connectivity index (χ2v) is 7.88. The predicted octanol–water partition coefficient (Wildman–Crippen LogP) is 3.91. The SMILES string of the molecule is COC(=O)[C@H]1[C@@H]2CC[C@H](C2)[C@@H]1C(=O)OCC(=O)c1ccc(-c2ccccc2)cc1. The molecule has 4 rings (SSSR count). The van der Waals surface area contributed by atoms with Gasteiger partial charge in [-0.2, -0.15) is 0 Å². The van der Waals surface area contributed by atoms with E-state index in [1.54, 1.807) is 12.1 Å². The number of Topliss-reactive ketones (excluding diaryl/α,β-unsaturated/α-hetero) is 1. The first-order chi connectivity index (χ1) is 14.1. The van der Waals surface area contributed by atoms with Gasteiger partial charge in [0.25, 0.3) is 0 Å². The summed E-state index contributed by atoms with van der Waals surface area (Å²) in [5.74, 6) is -1.65. The molecule has 5 heteroatoms. The average Bonchev–Trinajstić information content (AvgIpc) is 3.39. The third kappa shape index (κ3) is 3.82. The molecule has 4 atom stereocenters. The van der Waals surface area contributed by atoms with E-state index in [0.717, 1.165) is 30.4 Å². The fraction of sp³-hybridized carbons (Fsp3) is 0.375. The lowest BCUT2D eigenvalue weighted by atomic mass is 9.79. The summed E-state index contributed by atoms with van der Waals surface area (Å²) < 4.78 is 10.2.